The first-order valence-corrected chi connectivity index (χ1v) is 7.93. The number of rotatable bonds is 6. The van der Waals surface area contributed by atoms with E-state index in [4.69, 9.17) is 4.74 Å². The molecule has 21 heavy (non-hydrogen) atoms. The molecule has 116 valence electrons. The van der Waals surface area contributed by atoms with Crippen LogP contribution in [0.25, 0.3) is 0 Å². The SMILES string of the molecule is CCNC(=NCc1ccc(COC)cc1)NC1CCCC1. The van der Waals surface area contributed by atoms with Crippen molar-refractivity contribution in [3.05, 3.63) is 35.4 Å². The van der Waals surface area contributed by atoms with Crippen LogP contribution in [-0.4, -0.2) is 25.7 Å². The monoisotopic (exact) mass is 289 g/mol. The summed E-state index contributed by atoms with van der Waals surface area (Å²) in [6.45, 7) is 4.36. The van der Waals surface area contributed by atoms with Crippen LogP contribution >= 0.6 is 0 Å². The number of nitrogens with zero attached hydrogens (tertiary/aromatic N) is 1. The molecule has 4 heteroatoms. The van der Waals surface area contributed by atoms with Crippen molar-refractivity contribution in [1.29, 1.82) is 0 Å². The summed E-state index contributed by atoms with van der Waals surface area (Å²) in [6, 6.07) is 9.04. The van der Waals surface area contributed by atoms with Crippen molar-refractivity contribution >= 4 is 5.96 Å². The van der Waals surface area contributed by atoms with Gasteiger partial charge in [-0.05, 0) is 30.9 Å². The zero-order chi connectivity index (χ0) is 14.9. The van der Waals surface area contributed by atoms with Crippen molar-refractivity contribution in [2.45, 2.75) is 51.8 Å². The smallest absolute Gasteiger partial charge is 0.191 e. The fourth-order valence-electron chi connectivity index (χ4n) is 2.66. The van der Waals surface area contributed by atoms with E-state index in [0.29, 0.717) is 19.2 Å². The normalized spacial score (nSPS) is 16.2. The maximum atomic E-state index is 5.12. The lowest BCUT2D eigenvalue weighted by Crippen LogP contribution is -2.42. The fourth-order valence-corrected chi connectivity index (χ4v) is 2.66. The fraction of sp³-hybridized carbons (Fsp3) is 0.588. The number of methoxy groups -OCH3 is 1. The molecule has 1 aliphatic carbocycles. The molecule has 0 saturated heterocycles. The predicted molar refractivity (Wildman–Crippen MR) is 87.4 cm³/mol. The highest BCUT2D eigenvalue weighted by Crippen LogP contribution is 2.17. The lowest BCUT2D eigenvalue weighted by Gasteiger charge is -2.16. The van der Waals surface area contributed by atoms with E-state index in [0.717, 1.165) is 12.5 Å². The Hall–Kier alpha value is -1.55. The van der Waals surface area contributed by atoms with E-state index in [1.54, 1.807) is 7.11 Å². The zero-order valence-corrected chi connectivity index (χ0v) is 13.2. The third-order valence-corrected chi connectivity index (χ3v) is 3.79. The average Bonchev–Trinajstić information content (AvgIpc) is 3.00. The van der Waals surface area contributed by atoms with Gasteiger partial charge in [0.15, 0.2) is 5.96 Å². The second-order valence-electron chi connectivity index (χ2n) is 5.57. The molecule has 1 aromatic carbocycles. The van der Waals surface area contributed by atoms with Gasteiger partial charge in [0, 0.05) is 19.7 Å². The second-order valence-corrected chi connectivity index (χ2v) is 5.57. The van der Waals surface area contributed by atoms with Crippen molar-refractivity contribution in [2.75, 3.05) is 13.7 Å². The molecular formula is C17H27N3O. The van der Waals surface area contributed by atoms with E-state index in [2.05, 4.69) is 46.8 Å². The first-order chi connectivity index (χ1) is 10.3. The molecule has 0 aromatic heterocycles. The number of ether oxygens (including phenoxy) is 1. The van der Waals surface area contributed by atoms with Gasteiger partial charge in [-0.1, -0.05) is 37.1 Å². The standard InChI is InChI=1S/C17H27N3O/c1-3-18-17(20-16-6-4-5-7-16)19-12-14-8-10-15(11-9-14)13-21-2/h8-11,16H,3-7,12-13H2,1-2H3,(H2,18,19,20). The van der Waals surface area contributed by atoms with Crippen LogP contribution in [0.1, 0.15) is 43.7 Å². The molecule has 2 rings (SSSR count). The van der Waals surface area contributed by atoms with Crippen molar-refractivity contribution in [1.82, 2.24) is 10.6 Å². The molecule has 0 bridgehead atoms. The lowest BCUT2D eigenvalue weighted by atomic mass is 10.1. The van der Waals surface area contributed by atoms with Crippen LogP contribution in [0.5, 0.6) is 0 Å². The van der Waals surface area contributed by atoms with Crippen LogP contribution in [0, 0.1) is 0 Å². The van der Waals surface area contributed by atoms with Crippen LogP contribution in [-0.2, 0) is 17.9 Å². The largest absolute Gasteiger partial charge is 0.380 e. The van der Waals surface area contributed by atoms with Gasteiger partial charge in [-0.2, -0.15) is 0 Å². The lowest BCUT2D eigenvalue weighted by molar-refractivity contribution is 0.185. The summed E-state index contributed by atoms with van der Waals surface area (Å²) in [4.78, 5) is 4.69. The minimum Gasteiger partial charge on any atom is -0.380 e. The van der Waals surface area contributed by atoms with Crippen LogP contribution in [0.3, 0.4) is 0 Å². The molecule has 1 saturated carbocycles. The van der Waals surface area contributed by atoms with Gasteiger partial charge in [-0.15, -0.1) is 0 Å². The van der Waals surface area contributed by atoms with Crippen LogP contribution in [0.15, 0.2) is 29.3 Å². The average molecular weight is 289 g/mol. The molecule has 2 N–H and O–H groups in total. The van der Waals surface area contributed by atoms with E-state index >= 15 is 0 Å². The van der Waals surface area contributed by atoms with Crippen molar-refractivity contribution < 1.29 is 4.74 Å². The molecular weight excluding hydrogens is 262 g/mol. The first kappa shape index (κ1) is 15.8. The van der Waals surface area contributed by atoms with Crippen molar-refractivity contribution in [2.24, 2.45) is 4.99 Å². The Balaban J connectivity index is 1.91. The molecule has 4 nitrogen and oxygen atoms in total. The van der Waals surface area contributed by atoms with E-state index in [1.165, 1.54) is 36.8 Å². The highest BCUT2D eigenvalue weighted by molar-refractivity contribution is 5.80. The van der Waals surface area contributed by atoms with Gasteiger partial charge in [-0.3, -0.25) is 0 Å². The summed E-state index contributed by atoms with van der Waals surface area (Å²) >= 11 is 0. The summed E-state index contributed by atoms with van der Waals surface area (Å²) in [6.07, 6.45) is 5.18. The summed E-state index contributed by atoms with van der Waals surface area (Å²) in [5.74, 6) is 0.936. The summed E-state index contributed by atoms with van der Waals surface area (Å²) < 4.78 is 5.12. The topological polar surface area (TPSA) is 45.7 Å². The van der Waals surface area contributed by atoms with Gasteiger partial charge in [0.25, 0.3) is 0 Å². The van der Waals surface area contributed by atoms with Gasteiger partial charge in [0.05, 0.1) is 13.2 Å². The van der Waals surface area contributed by atoms with Gasteiger partial charge < -0.3 is 15.4 Å². The minimum atomic E-state index is 0.590. The van der Waals surface area contributed by atoms with Crippen molar-refractivity contribution in [3.8, 4) is 0 Å². The van der Waals surface area contributed by atoms with Gasteiger partial charge >= 0.3 is 0 Å². The van der Waals surface area contributed by atoms with Gasteiger partial charge in [-0.25, -0.2) is 4.99 Å². The predicted octanol–water partition coefficient (Wildman–Crippen LogP) is 2.83. The number of nitrogens with one attached hydrogen (secondary N) is 2. The number of hydrogen-bond acceptors (Lipinski definition) is 2. The number of hydrogen-bond donors (Lipinski definition) is 2. The first-order valence-electron chi connectivity index (χ1n) is 7.93. The molecule has 0 aliphatic heterocycles. The number of guanidine groups is 1. The second kappa shape index (κ2) is 8.67. The third kappa shape index (κ3) is 5.38. The Bertz CT molecular complexity index is 436. The maximum absolute atomic E-state index is 5.12. The van der Waals surface area contributed by atoms with Crippen LogP contribution in [0.2, 0.25) is 0 Å². The molecule has 1 fully saturated rings. The molecule has 0 heterocycles. The molecule has 1 aromatic rings. The van der Waals surface area contributed by atoms with Crippen LogP contribution in [0.4, 0.5) is 0 Å². The minimum absolute atomic E-state index is 0.590. The third-order valence-electron chi connectivity index (χ3n) is 3.79. The van der Waals surface area contributed by atoms with Gasteiger partial charge in [0.2, 0.25) is 0 Å². The van der Waals surface area contributed by atoms with Crippen molar-refractivity contribution in [3.63, 3.8) is 0 Å². The van der Waals surface area contributed by atoms with E-state index < -0.39 is 0 Å². The Morgan fingerprint density at radius 2 is 1.86 bits per heavy atom. The van der Waals surface area contributed by atoms with E-state index in [-0.39, 0.29) is 0 Å². The summed E-state index contributed by atoms with van der Waals surface area (Å²) in [7, 11) is 1.72. The Morgan fingerprint density at radius 1 is 1.19 bits per heavy atom. The molecule has 0 unspecified atom stereocenters. The highest BCUT2D eigenvalue weighted by atomic mass is 16.5. The number of aliphatic imine (C=N–C) groups is 1. The zero-order valence-electron chi connectivity index (χ0n) is 13.2. The van der Waals surface area contributed by atoms with Crippen LogP contribution < -0.4 is 10.6 Å². The molecule has 0 amide bonds. The Kier molecular flexibility index (Phi) is 6.54. The van der Waals surface area contributed by atoms with E-state index in [1.807, 2.05) is 0 Å². The molecule has 0 spiro atoms. The summed E-state index contributed by atoms with van der Waals surface area (Å²) in [5.41, 5.74) is 2.42. The highest BCUT2D eigenvalue weighted by Gasteiger charge is 2.15. The van der Waals surface area contributed by atoms with Gasteiger partial charge in [0.1, 0.15) is 0 Å². The molecule has 0 radical (unpaired) electrons. The Labute approximate surface area is 128 Å². The number of benzene rings is 1. The Morgan fingerprint density at radius 3 is 2.48 bits per heavy atom. The maximum Gasteiger partial charge on any atom is 0.191 e. The quantitative estimate of drug-likeness (QED) is 0.625. The summed E-state index contributed by atoms with van der Waals surface area (Å²) in [5, 5.41) is 6.87. The molecule has 1 aliphatic rings. The van der Waals surface area contributed by atoms with E-state index in [9.17, 15) is 0 Å². The molecule has 0 atom stereocenters.